The van der Waals surface area contributed by atoms with E-state index in [-0.39, 0.29) is 5.97 Å². The minimum Gasteiger partial charge on any atom is -0.468 e. The molecule has 1 saturated heterocycles. The van der Waals surface area contributed by atoms with Crippen molar-refractivity contribution in [2.24, 2.45) is 11.7 Å². The maximum Gasteiger partial charge on any atom is 0.326 e. The Labute approximate surface area is 91.8 Å². The topological polar surface area (TPSA) is 55.6 Å². The number of carbonyl (C=O) groups excluding carboxylic acids is 1. The molecule has 1 fully saturated rings. The third-order valence-electron chi connectivity index (χ3n) is 2.94. The fourth-order valence-corrected chi connectivity index (χ4v) is 2.19. The molecule has 0 aromatic carbocycles. The highest BCUT2D eigenvalue weighted by atomic mass is 16.5. The minimum absolute atomic E-state index is 0.333. The SMILES string of the molecule is COC(=O)C(C)(N)CN1CCCC(C)C1. The van der Waals surface area contributed by atoms with Crippen LogP contribution < -0.4 is 5.73 Å². The fourth-order valence-electron chi connectivity index (χ4n) is 2.19. The van der Waals surface area contributed by atoms with Gasteiger partial charge in [0.25, 0.3) is 0 Å². The molecular weight excluding hydrogens is 192 g/mol. The van der Waals surface area contributed by atoms with Crippen LogP contribution in [0.1, 0.15) is 26.7 Å². The zero-order valence-electron chi connectivity index (χ0n) is 9.95. The fraction of sp³-hybridized carbons (Fsp3) is 0.909. The first kappa shape index (κ1) is 12.5. The van der Waals surface area contributed by atoms with E-state index in [0.717, 1.165) is 13.1 Å². The summed E-state index contributed by atoms with van der Waals surface area (Å²) in [5.74, 6) is 0.368. The first-order valence-corrected chi connectivity index (χ1v) is 5.55. The van der Waals surface area contributed by atoms with Gasteiger partial charge in [0.1, 0.15) is 5.54 Å². The van der Waals surface area contributed by atoms with Crippen LogP contribution in [0.15, 0.2) is 0 Å². The van der Waals surface area contributed by atoms with Crippen LogP contribution in [-0.2, 0) is 9.53 Å². The second-order valence-corrected chi connectivity index (χ2v) is 4.89. The molecule has 2 N–H and O–H groups in total. The Morgan fingerprint density at radius 3 is 2.87 bits per heavy atom. The standard InChI is InChI=1S/C11H22N2O2/c1-9-5-4-6-13(7-9)8-11(2,12)10(14)15-3/h9H,4-8,12H2,1-3H3. The summed E-state index contributed by atoms with van der Waals surface area (Å²) in [5, 5.41) is 0. The van der Waals surface area contributed by atoms with Crippen LogP contribution in [0.4, 0.5) is 0 Å². The van der Waals surface area contributed by atoms with Crippen molar-refractivity contribution in [2.45, 2.75) is 32.2 Å². The second-order valence-electron chi connectivity index (χ2n) is 4.89. The number of hydrogen-bond acceptors (Lipinski definition) is 4. The molecule has 0 aromatic heterocycles. The molecular formula is C11H22N2O2. The van der Waals surface area contributed by atoms with Crippen molar-refractivity contribution >= 4 is 5.97 Å². The first-order chi connectivity index (χ1) is 6.95. The molecule has 2 atom stereocenters. The molecule has 1 heterocycles. The van der Waals surface area contributed by atoms with Crippen LogP contribution in [0, 0.1) is 5.92 Å². The number of rotatable bonds is 3. The quantitative estimate of drug-likeness (QED) is 0.699. The van der Waals surface area contributed by atoms with Gasteiger partial charge in [0.15, 0.2) is 0 Å². The van der Waals surface area contributed by atoms with Crippen LogP contribution in [0.3, 0.4) is 0 Å². The van der Waals surface area contributed by atoms with E-state index in [1.165, 1.54) is 20.0 Å². The lowest BCUT2D eigenvalue weighted by atomic mass is 9.97. The molecule has 1 aliphatic rings. The van der Waals surface area contributed by atoms with Crippen LogP contribution >= 0.6 is 0 Å². The number of hydrogen-bond donors (Lipinski definition) is 1. The van der Waals surface area contributed by atoms with E-state index in [4.69, 9.17) is 10.5 Å². The number of likely N-dealkylation sites (tertiary alicyclic amines) is 1. The van der Waals surface area contributed by atoms with Crippen molar-refractivity contribution in [3.63, 3.8) is 0 Å². The summed E-state index contributed by atoms with van der Waals surface area (Å²) >= 11 is 0. The molecule has 0 bridgehead atoms. The molecule has 2 unspecified atom stereocenters. The maximum atomic E-state index is 11.4. The van der Waals surface area contributed by atoms with E-state index >= 15 is 0 Å². The summed E-state index contributed by atoms with van der Waals surface area (Å²) in [5.41, 5.74) is 5.05. The minimum atomic E-state index is -0.883. The van der Waals surface area contributed by atoms with Crippen molar-refractivity contribution < 1.29 is 9.53 Å². The van der Waals surface area contributed by atoms with E-state index in [2.05, 4.69) is 11.8 Å². The summed E-state index contributed by atoms with van der Waals surface area (Å²) < 4.78 is 4.69. The predicted octanol–water partition coefficient (Wildman–Crippen LogP) is 0.609. The Morgan fingerprint density at radius 2 is 2.33 bits per heavy atom. The molecule has 1 aliphatic heterocycles. The lowest BCUT2D eigenvalue weighted by Gasteiger charge is -2.35. The van der Waals surface area contributed by atoms with E-state index in [1.807, 2.05) is 0 Å². The third-order valence-corrected chi connectivity index (χ3v) is 2.94. The Morgan fingerprint density at radius 1 is 1.67 bits per heavy atom. The number of methoxy groups -OCH3 is 1. The van der Waals surface area contributed by atoms with Crippen molar-refractivity contribution in [3.05, 3.63) is 0 Å². The highest BCUT2D eigenvalue weighted by Crippen LogP contribution is 2.17. The lowest BCUT2D eigenvalue weighted by molar-refractivity contribution is -0.147. The number of nitrogens with two attached hydrogens (primary N) is 1. The second kappa shape index (κ2) is 4.94. The van der Waals surface area contributed by atoms with Gasteiger partial charge in [0.2, 0.25) is 0 Å². The average Bonchev–Trinajstić information content (AvgIpc) is 2.15. The van der Waals surface area contributed by atoms with Crippen LogP contribution in [0.5, 0.6) is 0 Å². The normalized spacial score (nSPS) is 27.1. The van der Waals surface area contributed by atoms with E-state index in [9.17, 15) is 4.79 Å². The van der Waals surface area contributed by atoms with Crippen LogP contribution in [-0.4, -0.2) is 43.2 Å². The molecule has 0 radical (unpaired) electrons. The molecule has 4 heteroatoms. The molecule has 1 rings (SSSR count). The molecule has 15 heavy (non-hydrogen) atoms. The molecule has 0 amide bonds. The zero-order chi connectivity index (χ0) is 11.5. The van der Waals surface area contributed by atoms with Gasteiger partial charge in [-0.25, -0.2) is 0 Å². The van der Waals surface area contributed by atoms with Gasteiger partial charge in [0, 0.05) is 13.1 Å². The van der Waals surface area contributed by atoms with Crippen molar-refractivity contribution in [3.8, 4) is 0 Å². The number of carbonyl (C=O) groups is 1. The molecule has 0 aromatic rings. The highest BCUT2D eigenvalue weighted by Gasteiger charge is 2.32. The molecule has 88 valence electrons. The average molecular weight is 214 g/mol. The Bertz CT molecular complexity index is 229. The van der Waals surface area contributed by atoms with E-state index in [0.29, 0.717) is 12.5 Å². The summed E-state index contributed by atoms with van der Waals surface area (Å²) in [6.07, 6.45) is 2.47. The summed E-state index contributed by atoms with van der Waals surface area (Å²) in [6, 6.07) is 0. The molecule has 0 saturated carbocycles. The van der Waals surface area contributed by atoms with Gasteiger partial charge in [-0.05, 0) is 32.2 Å². The van der Waals surface area contributed by atoms with Gasteiger partial charge >= 0.3 is 5.97 Å². The smallest absolute Gasteiger partial charge is 0.326 e. The van der Waals surface area contributed by atoms with Gasteiger partial charge in [-0.2, -0.15) is 0 Å². The van der Waals surface area contributed by atoms with Crippen molar-refractivity contribution in [2.75, 3.05) is 26.7 Å². The van der Waals surface area contributed by atoms with E-state index < -0.39 is 5.54 Å². The van der Waals surface area contributed by atoms with Gasteiger partial charge in [-0.3, -0.25) is 4.79 Å². The number of esters is 1. The van der Waals surface area contributed by atoms with Crippen molar-refractivity contribution in [1.82, 2.24) is 4.90 Å². The summed E-state index contributed by atoms with van der Waals surface area (Å²) in [7, 11) is 1.38. The monoisotopic (exact) mass is 214 g/mol. The molecule has 4 nitrogen and oxygen atoms in total. The van der Waals surface area contributed by atoms with Gasteiger partial charge in [-0.1, -0.05) is 6.92 Å². The lowest BCUT2D eigenvalue weighted by Crippen LogP contribution is -2.55. The zero-order valence-corrected chi connectivity index (χ0v) is 9.95. The van der Waals surface area contributed by atoms with Gasteiger partial charge in [0.05, 0.1) is 7.11 Å². The number of nitrogens with zero attached hydrogens (tertiary/aromatic N) is 1. The first-order valence-electron chi connectivity index (χ1n) is 5.55. The molecule has 0 spiro atoms. The summed E-state index contributed by atoms with van der Waals surface area (Å²) in [4.78, 5) is 13.7. The van der Waals surface area contributed by atoms with Crippen LogP contribution in [0.25, 0.3) is 0 Å². The Balaban J connectivity index is 2.49. The van der Waals surface area contributed by atoms with Gasteiger partial charge < -0.3 is 15.4 Å². The molecule has 0 aliphatic carbocycles. The Kier molecular flexibility index (Phi) is 4.11. The van der Waals surface area contributed by atoms with Crippen LogP contribution in [0.2, 0.25) is 0 Å². The Hall–Kier alpha value is -0.610. The van der Waals surface area contributed by atoms with Crippen molar-refractivity contribution in [1.29, 1.82) is 0 Å². The highest BCUT2D eigenvalue weighted by molar-refractivity contribution is 5.80. The summed E-state index contributed by atoms with van der Waals surface area (Å²) in [6.45, 7) is 6.62. The van der Waals surface area contributed by atoms with Gasteiger partial charge in [-0.15, -0.1) is 0 Å². The predicted molar refractivity (Wildman–Crippen MR) is 59.4 cm³/mol. The number of piperidine rings is 1. The van der Waals surface area contributed by atoms with E-state index in [1.54, 1.807) is 6.92 Å². The number of ether oxygens (including phenoxy) is 1. The third kappa shape index (κ3) is 3.47. The largest absolute Gasteiger partial charge is 0.468 e. The maximum absolute atomic E-state index is 11.4.